The summed E-state index contributed by atoms with van der Waals surface area (Å²) in [5.74, 6) is -10.5. The van der Waals surface area contributed by atoms with Crippen molar-refractivity contribution in [2.24, 2.45) is 23.7 Å². The van der Waals surface area contributed by atoms with Gasteiger partial charge in [-0.05, 0) is 18.2 Å². The zero-order valence-electron chi connectivity index (χ0n) is 40.9. The van der Waals surface area contributed by atoms with Crippen molar-refractivity contribution in [1.82, 2.24) is 0 Å². The highest BCUT2D eigenvalue weighted by Gasteiger charge is 2.53. The molecule has 9 N–H and O–H groups in total. The van der Waals surface area contributed by atoms with E-state index in [9.17, 15) is 69.9 Å². The third-order valence-electron chi connectivity index (χ3n) is 13.6. The number of rotatable bonds is 11. The molecule has 3 saturated heterocycles. The van der Waals surface area contributed by atoms with Crippen LogP contribution in [0.5, 0.6) is 11.5 Å². The van der Waals surface area contributed by atoms with Gasteiger partial charge in [0.1, 0.15) is 80.4 Å². The minimum atomic E-state index is -2.14. The van der Waals surface area contributed by atoms with Crippen molar-refractivity contribution in [3.05, 3.63) is 72.7 Å². The van der Waals surface area contributed by atoms with Crippen LogP contribution in [-0.4, -0.2) is 222 Å². The first-order valence-electron chi connectivity index (χ1n) is 23.6. The van der Waals surface area contributed by atoms with Crippen molar-refractivity contribution in [3.63, 3.8) is 0 Å². The van der Waals surface area contributed by atoms with Gasteiger partial charge in [0, 0.05) is 23.7 Å². The molecule has 0 saturated carbocycles. The van der Waals surface area contributed by atoms with Gasteiger partial charge in [-0.25, -0.2) is 14.4 Å². The Labute approximate surface area is 432 Å². The Hall–Kier alpha value is -5.83. The number of hydrogen-bond donors (Lipinski definition) is 9. The second-order valence-corrected chi connectivity index (χ2v) is 18.1. The van der Waals surface area contributed by atoms with E-state index < -0.39 is 191 Å². The van der Waals surface area contributed by atoms with Gasteiger partial charge < -0.3 is 112 Å². The predicted octanol–water partition coefficient (Wildman–Crippen LogP) is -3.77. The fourth-order valence-electron chi connectivity index (χ4n) is 9.28. The molecule has 0 amide bonds. The van der Waals surface area contributed by atoms with E-state index >= 15 is 0 Å². The van der Waals surface area contributed by atoms with E-state index in [1.807, 2.05) is 0 Å². The van der Waals surface area contributed by atoms with Gasteiger partial charge in [0.15, 0.2) is 23.9 Å². The van der Waals surface area contributed by atoms with Gasteiger partial charge in [-0.15, -0.1) is 13.2 Å². The van der Waals surface area contributed by atoms with Gasteiger partial charge in [0.2, 0.25) is 25.2 Å². The van der Waals surface area contributed by atoms with Gasteiger partial charge >= 0.3 is 29.8 Å². The SMILES string of the molecule is C=C[C@H]1[C@H](O[C@@H]2O[C@H](CO)[C@@H](O)[C@H](O)[C@H]2O)OC=C(C(=O)OC)[C@H]1CC(=O)O[C@H]1[C@@H]2O[C@@H]3OC=C(C(=O)OC)[C@@H](CC(=O)OC[C@H]4O[C@@H](Oc5ccc(cc5OC)C(=O)OC[C@@H](O2)[C@@H](O)[C@@H]1O)[C@H](O)[C@@H](O)[C@@H]4O)[C@H]3C=C. The Balaban J connectivity index is 1.19. The highest BCUT2D eigenvalue weighted by atomic mass is 16.8. The summed E-state index contributed by atoms with van der Waals surface area (Å²) in [5.41, 5.74) is -0.670. The van der Waals surface area contributed by atoms with Crippen LogP contribution < -0.4 is 9.47 Å². The molecule has 7 aliphatic heterocycles. The third-order valence-corrected chi connectivity index (χ3v) is 13.6. The van der Waals surface area contributed by atoms with Crippen LogP contribution in [0.3, 0.4) is 0 Å². The molecule has 1 aromatic rings. The number of carbonyl (C=O) groups is 5. The molecule has 21 atom stereocenters. The largest absolute Gasteiger partial charge is 0.493 e. The standard InChI is InChI=1S/C48H60O28/c1-6-19-21-11-30(50)66-16-28-33(53)36(56)38(58)46(72-28)70-25-9-8-18(10-26(25)63-3)41(60)67-17-29-34(54)37(57)40(48(73-29)76-45(19)69-14-23(21)42(61)64-4)74-31(51)12-22-20(7-2)44(68-15-24(22)43(62)65-5)75-47-39(59)35(55)32(52)27(13-49)71-47/h6-10,14-15,19-22,27-29,32-40,44-49,52-59H,1-2,11-13,16-17H2,3-5H3/t19-,20-,21+,22+,27-,28-,29-,32-,33-,34-,35+,36+,37+,38-,39-,40-,44+,45+,46-,47+,48+/m1/s1. The molecule has 28 nitrogen and oxygen atoms in total. The second-order valence-electron chi connectivity index (χ2n) is 18.1. The van der Waals surface area contributed by atoms with Gasteiger partial charge in [0.25, 0.3) is 0 Å². The van der Waals surface area contributed by atoms with E-state index in [0.29, 0.717) is 0 Å². The van der Waals surface area contributed by atoms with E-state index in [0.717, 1.165) is 26.7 Å². The molecule has 76 heavy (non-hydrogen) atoms. The topological polar surface area (TPSA) is 397 Å². The van der Waals surface area contributed by atoms with Crippen molar-refractivity contribution < 1.29 is 136 Å². The summed E-state index contributed by atoms with van der Waals surface area (Å²) < 4.78 is 78.5. The van der Waals surface area contributed by atoms with E-state index in [1.54, 1.807) is 0 Å². The van der Waals surface area contributed by atoms with E-state index in [4.69, 9.17) is 66.3 Å². The van der Waals surface area contributed by atoms with Crippen LogP contribution in [-0.2, 0) is 76.0 Å². The Kier molecular flexibility index (Phi) is 19.1. The number of hydrogen-bond acceptors (Lipinski definition) is 28. The number of benzene rings is 1. The van der Waals surface area contributed by atoms with Gasteiger partial charge in [0.05, 0.1) is 70.0 Å². The number of carbonyl (C=O) groups excluding carboxylic acids is 5. The Morgan fingerprint density at radius 1 is 0.684 bits per heavy atom. The van der Waals surface area contributed by atoms with E-state index in [-0.39, 0.29) is 28.2 Å². The Morgan fingerprint density at radius 3 is 1.97 bits per heavy atom. The Bertz CT molecular complexity index is 2340. The third kappa shape index (κ3) is 12.1. The summed E-state index contributed by atoms with van der Waals surface area (Å²) in [6, 6.07) is 3.60. The van der Waals surface area contributed by atoms with Crippen molar-refractivity contribution in [2.45, 2.75) is 118 Å². The molecular weight excluding hydrogens is 1020 g/mol. The average Bonchev–Trinajstić information content (AvgIpc) is 3.42. The van der Waals surface area contributed by atoms with Crippen LogP contribution in [0.4, 0.5) is 0 Å². The molecule has 8 rings (SSSR count). The van der Waals surface area contributed by atoms with Gasteiger partial charge in [-0.2, -0.15) is 0 Å². The first-order chi connectivity index (χ1) is 36.3. The first kappa shape index (κ1) is 57.9. The molecule has 7 heterocycles. The lowest BCUT2D eigenvalue weighted by Crippen LogP contribution is -2.61. The fourth-order valence-corrected chi connectivity index (χ4v) is 9.28. The lowest BCUT2D eigenvalue weighted by Gasteiger charge is -2.44. The van der Waals surface area contributed by atoms with Crippen LogP contribution in [0.15, 0.2) is 67.2 Å². The molecule has 0 radical (unpaired) electrons. The number of esters is 5. The number of aliphatic hydroxyl groups is 9. The zero-order chi connectivity index (χ0) is 55.3. The maximum atomic E-state index is 14.2. The number of fused-ring (bicyclic) bond motifs is 7. The lowest BCUT2D eigenvalue weighted by molar-refractivity contribution is -0.341. The second kappa shape index (κ2) is 25.1. The predicted molar refractivity (Wildman–Crippen MR) is 242 cm³/mol. The summed E-state index contributed by atoms with van der Waals surface area (Å²) >= 11 is 0. The number of aliphatic hydroxyl groups excluding tert-OH is 9. The highest BCUT2D eigenvalue weighted by molar-refractivity contribution is 5.91. The molecule has 0 spiro atoms. The van der Waals surface area contributed by atoms with Gasteiger partial charge in [-0.1, -0.05) is 12.2 Å². The molecule has 420 valence electrons. The Morgan fingerprint density at radius 2 is 1.32 bits per heavy atom. The zero-order valence-corrected chi connectivity index (χ0v) is 40.9. The molecule has 0 aliphatic carbocycles. The molecule has 1 aromatic carbocycles. The minimum absolute atomic E-state index is 0.123. The summed E-state index contributed by atoms with van der Waals surface area (Å²) in [4.78, 5) is 67.7. The summed E-state index contributed by atoms with van der Waals surface area (Å²) in [6.07, 6.45) is -27.7. The summed E-state index contributed by atoms with van der Waals surface area (Å²) in [6.45, 7) is 5.23. The first-order valence-corrected chi connectivity index (χ1v) is 23.6. The normalized spacial score (nSPS) is 38.9. The van der Waals surface area contributed by atoms with Crippen molar-refractivity contribution >= 4 is 29.8 Å². The molecular formula is C48H60O28. The lowest BCUT2D eigenvalue weighted by atomic mass is 9.81. The van der Waals surface area contributed by atoms with E-state index in [2.05, 4.69) is 13.2 Å². The quantitative estimate of drug-likeness (QED) is 0.0583. The van der Waals surface area contributed by atoms with Crippen LogP contribution in [0, 0.1) is 23.7 Å². The molecule has 0 aromatic heterocycles. The van der Waals surface area contributed by atoms with Crippen LogP contribution in [0.1, 0.15) is 23.2 Å². The maximum Gasteiger partial charge on any atom is 0.338 e. The average molecular weight is 1080 g/mol. The number of ether oxygens (including phenoxy) is 14. The van der Waals surface area contributed by atoms with Crippen molar-refractivity contribution in [2.75, 3.05) is 41.2 Å². The molecule has 8 bridgehead atoms. The van der Waals surface area contributed by atoms with Crippen LogP contribution in [0.2, 0.25) is 0 Å². The number of methoxy groups -OCH3 is 3. The summed E-state index contributed by atoms with van der Waals surface area (Å²) in [7, 11) is 3.30. The minimum Gasteiger partial charge on any atom is -0.493 e. The van der Waals surface area contributed by atoms with Crippen LogP contribution in [0.25, 0.3) is 0 Å². The molecule has 7 aliphatic rings. The summed E-state index contributed by atoms with van der Waals surface area (Å²) in [5, 5.41) is 96.7. The highest BCUT2D eigenvalue weighted by Crippen LogP contribution is 2.41. The monoisotopic (exact) mass is 1080 g/mol. The molecule has 0 unspecified atom stereocenters. The van der Waals surface area contributed by atoms with E-state index in [1.165, 1.54) is 37.5 Å². The fraction of sp³-hybridized carbons (Fsp3) is 0.604. The van der Waals surface area contributed by atoms with Crippen LogP contribution >= 0.6 is 0 Å². The smallest absolute Gasteiger partial charge is 0.338 e. The van der Waals surface area contributed by atoms with Crippen molar-refractivity contribution in [3.8, 4) is 11.5 Å². The van der Waals surface area contributed by atoms with Gasteiger partial charge in [-0.3, -0.25) is 9.59 Å². The molecule has 28 heteroatoms. The molecule has 3 fully saturated rings. The maximum absolute atomic E-state index is 14.2. The van der Waals surface area contributed by atoms with Crippen molar-refractivity contribution in [1.29, 1.82) is 0 Å².